The van der Waals surface area contributed by atoms with Crippen molar-refractivity contribution in [1.82, 2.24) is 25.2 Å². The summed E-state index contributed by atoms with van der Waals surface area (Å²) in [5.74, 6) is 0.617. The lowest BCUT2D eigenvalue weighted by Gasteiger charge is -2.29. The Kier molecular flexibility index (Phi) is 6.21. The fraction of sp³-hybridized carbons (Fsp3) is 0.296. The zero-order valence-electron chi connectivity index (χ0n) is 19.9. The number of benzene rings is 2. The topological polar surface area (TPSA) is 89.2 Å². The van der Waals surface area contributed by atoms with E-state index in [0.29, 0.717) is 22.2 Å². The standard InChI is InChI=1S/C27H28ClN7O/c28-23-8-5-20(31-27(36)35-11-1-2-12-35)16-22(23)25-32-24-15-19(17-30-26(24)33-25)18-3-6-21(7-4-18)34-13-9-29-10-14-34/h3-8,15-17,29H,1-2,9-14H2,(H,31,36)(H,30,32,33). The van der Waals surface area contributed by atoms with Crippen molar-refractivity contribution < 1.29 is 4.79 Å². The van der Waals surface area contributed by atoms with Gasteiger partial charge < -0.3 is 25.4 Å². The zero-order valence-corrected chi connectivity index (χ0v) is 20.7. The van der Waals surface area contributed by atoms with Gasteiger partial charge in [-0.15, -0.1) is 0 Å². The number of aromatic nitrogens is 3. The van der Waals surface area contributed by atoms with Gasteiger partial charge >= 0.3 is 6.03 Å². The van der Waals surface area contributed by atoms with Gasteiger partial charge in [-0.2, -0.15) is 0 Å². The molecule has 6 rings (SSSR count). The highest BCUT2D eigenvalue weighted by Crippen LogP contribution is 2.31. The SMILES string of the molecule is O=C(Nc1ccc(Cl)c(-c2nc3ncc(-c4ccc(N5CCNCC5)cc4)cc3[nH]2)c1)N1CCCC1. The van der Waals surface area contributed by atoms with E-state index in [1.54, 1.807) is 6.07 Å². The number of nitrogens with zero attached hydrogens (tertiary/aromatic N) is 4. The number of rotatable bonds is 4. The van der Waals surface area contributed by atoms with Crippen LogP contribution in [0.2, 0.25) is 5.02 Å². The molecular weight excluding hydrogens is 474 g/mol. The Labute approximate surface area is 214 Å². The fourth-order valence-electron chi connectivity index (χ4n) is 4.88. The molecular formula is C27H28ClN7O. The van der Waals surface area contributed by atoms with Crippen molar-refractivity contribution in [3.05, 3.63) is 59.8 Å². The largest absolute Gasteiger partial charge is 0.369 e. The molecule has 2 saturated heterocycles. The highest BCUT2D eigenvalue weighted by molar-refractivity contribution is 6.33. The third kappa shape index (κ3) is 4.62. The van der Waals surface area contributed by atoms with Gasteiger partial charge in [-0.3, -0.25) is 0 Å². The molecule has 0 saturated carbocycles. The summed E-state index contributed by atoms with van der Waals surface area (Å²) in [5, 5.41) is 6.92. The minimum Gasteiger partial charge on any atom is -0.369 e. The molecule has 2 aromatic carbocycles. The second kappa shape index (κ2) is 9.79. The lowest BCUT2D eigenvalue weighted by molar-refractivity contribution is 0.222. The monoisotopic (exact) mass is 501 g/mol. The molecule has 184 valence electrons. The van der Waals surface area contributed by atoms with Crippen molar-refractivity contribution in [2.75, 3.05) is 49.5 Å². The highest BCUT2D eigenvalue weighted by atomic mass is 35.5. The second-order valence-corrected chi connectivity index (χ2v) is 9.69. The van der Waals surface area contributed by atoms with Gasteiger partial charge in [-0.25, -0.2) is 14.8 Å². The number of carbonyl (C=O) groups is 1. The molecule has 3 N–H and O–H groups in total. The molecule has 0 aliphatic carbocycles. The van der Waals surface area contributed by atoms with Crippen molar-refractivity contribution in [1.29, 1.82) is 0 Å². The lowest BCUT2D eigenvalue weighted by atomic mass is 10.1. The molecule has 4 aromatic rings. The first-order valence-electron chi connectivity index (χ1n) is 12.4. The van der Waals surface area contributed by atoms with Gasteiger partial charge in [0.25, 0.3) is 0 Å². The number of aromatic amines is 1. The number of H-pyrrole nitrogens is 1. The average Bonchev–Trinajstić information content (AvgIpc) is 3.60. The number of likely N-dealkylation sites (tertiary alicyclic amines) is 1. The van der Waals surface area contributed by atoms with Crippen LogP contribution in [0.5, 0.6) is 0 Å². The van der Waals surface area contributed by atoms with Gasteiger partial charge in [0.05, 0.1) is 10.5 Å². The molecule has 2 fully saturated rings. The Balaban J connectivity index is 1.24. The quantitative estimate of drug-likeness (QED) is 0.367. The van der Waals surface area contributed by atoms with Gasteiger partial charge in [-0.05, 0) is 54.8 Å². The smallest absolute Gasteiger partial charge is 0.321 e. The zero-order chi connectivity index (χ0) is 24.5. The first kappa shape index (κ1) is 22.8. The number of carbonyl (C=O) groups excluding carboxylic acids is 1. The summed E-state index contributed by atoms with van der Waals surface area (Å²) in [4.78, 5) is 29.4. The Bertz CT molecular complexity index is 1390. The maximum Gasteiger partial charge on any atom is 0.321 e. The summed E-state index contributed by atoms with van der Waals surface area (Å²) in [5.41, 5.74) is 6.21. The van der Waals surface area contributed by atoms with Crippen LogP contribution in [0.4, 0.5) is 16.2 Å². The number of anilines is 2. The molecule has 2 amide bonds. The van der Waals surface area contributed by atoms with Crippen LogP contribution < -0.4 is 15.5 Å². The normalized spacial score (nSPS) is 16.0. The van der Waals surface area contributed by atoms with Crippen molar-refractivity contribution in [2.24, 2.45) is 0 Å². The van der Waals surface area contributed by atoms with E-state index in [4.69, 9.17) is 11.6 Å². The van der Waals surface area contributed by atoms with Crippen molar-refractivity contribution in [3.63, 3.8) is 0 Å². The number of halogens is 1. The summed E-state index contributed by atoms with van der Waals surface area (Å²) in [7, 11) is 0. The maximum atomic E-state index is 12.5. The first-order valence-corrected chi connectivity index (χ1v) is 12.8. The number of piperazine rings is 1. The molecule has 2 aromatic heterocycles. The van der Waals surface area contributed by atoms with E-state index in [1.165, 1.54) is 5.69 Å². The molecule has 4 heterocycles. The van der Waals surface area contributed by atoms with E-state index in [9.17, 15) is 4.79 Å². The number of urea groups is 1. The van der Waals surface area contributed by atoms with Gasteiger partial charge in [0.1, 0.15) is 5.82 Å². The molecule has 0 spiro atoms. The minimum absolute atomic E-state index is 0.0836. The number of hydrogen-bond acceptors (Lipinski definition) is 5. The Morgan fingerprint density at radius 1 is 0.944 bits per heavy atom. The average molecular weight is 502 g/mol. The molecule has 2 aliphatic rings. The number of amides is 2. The van der Waals surface area contributed by atoms with E-state index < -0.39 is 0 Å². The van der Waals surface area contributed by atoms with Crippen LogP contribution in [0.15, 0.2) is 54.7 Å². The van der Waals surface area contributed by atoms with Crippen LogP contribution >= 0.6 is 11.6 Å². The molecule has 0 atom stereocenters. The van der Waals surface area contributed by atoms with Crippen LogP contribution in [0.1, 0.15) is 12.8 Å². The predicted octanol–water partition coefficient (Wildman–Crippen LogP) is 4.98. The molecule has 9 heteroatoms. The summed E-state index contributed by atoms with van der Waals surface area (Å²) < 4.78 is 0. The third-order valence-electron chi connectivity index (χ3n) is 6.89. The van der Waals surface area contributed by atoms with E-state index in [0.717, 1.165) is 74.3 Å². The number of hydrogen-bond donors (Lipinski definition) is 3. The Morgan fingerprint density at radius 2 is 1.72 bits per heavy atom. The van der Waals surface area contributed by atoms with Crippen LogP contribution in [0.25, 0.3) is 33.7 Å². The number of fused-ring (bicyclic) bond motifs is 1. The summed E-state index contributed by atoms with van der Waals surface area (Å²) >= 11 is 6.52. The van der Waals surface area contributed by atoms with E-state index >= 15 is 0 Å². The summed E-state index contributed by atoms with van der Waals surface area (Å²) in [6, 6.07) is 16.0. The molecule has 0 unspecified atom stereocenters. The third-order valence-corrected chi connectivity index (χ3v) is 7.22. The molecule has 2 aliphatic heterocycles. The van der Waals surface area contributed by atoms with Crippen molar-refractivity contribution in [2.45, 2.75) is 12.8 Å². The lowest BCUT2D eigenvalue weighted by Crippen LogP contribution is -2.43. The van der Waals surface area contributed by atoms with Crippen molar-refractivity contribution in [3.8, 4) is 22.5 Å². The second-order valence-electron chi connectivity index (χ2n) is 9.28. The minimum atomic E-state index is -0.0836. The Hall–Kier alpha value is -3.62. The van der Waals surface area contributed by atoms with Crippen LogP contribution in [-0.2, 0) is 0 Å². The molecule has 8 nitrogen and oxygen atoms in total. The van der Waals surface area contributed by atoms with Crippen molar-refractivity contribution >= 4 is 40.2 Å². The van der Waals surface area contributed by atoms with Crippen LogP contribution in [0, 0.1) is 0 Å². The predicted molar refractivity (Wildman–Crippen MR) is 145 cm³/mol. The first-order chi connectivity index (χ1) is 17.6. The Morgan fingerprint density at radius 3 is 2.50 bits per heavy atom. The van der Waals surface area contributed by atoms with Crippen LogP contribution in [0.3, 0.4) is 0 Å². The molecule has 0 radical (unpaired) electrons. The van der Waals surface area contributed by atoms with Gasteiger partial charge in [0.15, 0.2) is 5.65 Å². The number of nitrogens with one attached hydrogen (secondary N) is 3. The van der Waals surface area contributed by atoms with E-state index in [-0.39, 0.29) is 6.03 Å². The van der Waals surface area contributed by atoms with Gasteiger partial charge in [0.2, 0.25) is 0 Å². The van der Waals surface area contributed by atoms with E-state index in [1.807, 2.05) is 23.2 Å². The number of imidazole rings is 1. The van der Waals surface area contributed by atoms with Crippen LogP contribution in [-0.4, -0.2) is 65.2 Å². The van der Waals surface area contributed by atoms with Gasteiger partial charge in [0, 0.05) is 68.0 Å². The summed E-state index contributed by atoms with van der Waals surface area (Å²) in [6.45, 7) is 5.67. The number of pyridine rings is 1. The maximum absolute atomic E-state index is 12.5. The molecule has 36 heavy (non-hydrogen) atoms. The molecule has 0 bridgehead atoms. The van der Waals surface area contributed by atoms with Gasteiger partial charge in [-0.1, -0.05) is 23.7 Å². The highest BCUT2D eigenvalue weighted by Gasteiger charge is 2.19. The fourth-order valence-corrected chi connectivity index (χ4v) is 5.09. The summed E-state index contributed by atoms with van der Waals surface area (Å²) in [6.07, 6.45) is 3.95. The van der Waals surface area contributed by atoms with E-state index in [2.05, 4.69) is 60.8 Å².